The van der Waals surface area contributed by atoms with Gasteiger partial charge in [0.15, 0.2) is 0 Å². The molecule has 0 spiro atoms. The van der Waals surface area contributed by atoms with Crippen LogP contribution in [0.2, 0.25) is 0 Å². The Labute approximate surface area is 128 Å². The van der Waals surface area contributed by atoms with Gasteiger partial charge in [0, 0.05) is 12.1 Å². The van der Waals surface area contributed by atoms with E-state index in [-0.39, 0.29) is 0 Å². The zero-order chi connectivity index (χ0) is 15.1. The van der Waals surface area contributed by atoms with E-state index in [1.54, 1.807) is 0 Å². The van der Waals surface area contributed by atoms with Crippen LogP contribution in [0.4, 0.5) is 0 Å². The topological polar surface area (TPSA) is 21.3 Å². The van der Waals surface area contributed by atoms with Crippen LogP contribution >= 0.6 is 0 Å². The second-order valence-corrected chi connectivity index (χ2v) is 5.73. The fourth-order valence-corrected chi connectivity index (χ4v) is 2.17. The average Bonchev–Trinajstić information content (AvgIpc) is 2.49. The maximum absolute atomic E-state index is 6.03. The Bertz CT molecular complexity index is 546. The van der Waals surface area contributed by atoms with Crippen LogP contribution in [-0.4, -0.2) is 6.54 Å². The van der Waals surface area contributed by atoms with Crippen molar-refractivity contribution in [2.75, 3.05) is 6.54 Å². The van der Waals surface area contributed by atoms with Gasteiger partial charge in [-0.3, -0.25) is 0 Å². The molecule has 0 aliphatic carbocycles. The van der Waals surface area contributed by atoms with E-state index in [0.717, 1.165) is 31.0 Å². The molecule has 2 aromatic carbocycles. The van der Waals surface area contributed by atoms with Crippen LogP contribution in [0.15, 0.2) is 48.5 Å². The van der Waals surface area contributed by atoms with Crippen LogP contribution < -0.4 is 10.1 Å². The number of ether oxygens (including phenoxy) is 1. The largest absolute Gasteiger partial charge is 0.457 e. The number of nitrogens with one attached hydrogen (secondary N) is 1. The van der Waals surface area contributed by atoms with Gasteiger partial charge in [0.05, 0.1) is 0 Å². The Morgan fingerprint density at radius 2 is 1.71 bits per heavy atom. The molecule has 0 saturated heterocycles. The van der Waals surface area contributed by atoms with Crippen LogP contribution in [0, 0.1) is 5.92 Å². The molecule has 0 saturated carbocycles. The summed E-state index contributed by atoms with van der Waals surface area (Å²) in [5, 5.41) is 3.47. The van der Waals surface area contributed by atoms with Crippen molar-refractivity contribution in [1.82, 2.24) is 5.32 Å². The molecule has 0 radical (unpaired) electrons. The summed E-state index contributed by atoms with van der Waals surface area (Å²) < 4.78 is 6.03. The lowest BCUT2D eigenvalue weighted by molar-refractivity contribution is 0.469. The molecule has 21 heavy (non-hydrogen) atoms. The van der Waals surface area contributed by atoms with Crippen molar-refractivity contribution >= 4 is 0 Å². The molecule has 0 aliphatic heterocycles. The molecule has 112 valence electrons. The molecule has 2 heteroatoms. The van der Waals surface area contributed by atoms with E-state index in [1.165, 1.54) is 11.1 Å². The Morgan fingerprint density at radius 1 is 1.00 bits per heavy atom. The first-order valence-electron chi connectivity index (χ1n) is 7.74. The van der Waals surface area contributed by atoms with E-state index in [1.807, 2.05) is 24.3 Å². The molecule has 2 rings (SSSR count). The van der Waals surface area contributed by atoms with Gasteiger partial charge in [-0.2, -0.15) is 0 Å². The zero-order valence-corrected chi connectivity index (χ0v) is 13.2. The summed E-state index contributed by atoms with van der Waals surface area (Å²) in [4.78, 5) is 0. The zero-order valence-electron chi connectivity index (χ0n) is 13.2. The van der Waals surface area contributed by atoms with Gasteiger partial charge in [-0.25, -0.2) is 0 Å². The van der Waals surface area contributed by atoms with Crippen LogP contribution in [0.25, 0.3) is 0 Å². The van der Waals surface area contributed by atoms with Crippen molar-refractivity contribution < 1.29 is 4.74 Å². The second kappa shape index (κ2) is 7.84. The highest BCUT2D eigenvalue weighted by molar-refractivity contribution is 5.38. The molecule has 2 nitrogen and oxygen atoms in total. The highest BCUT2D eigenvalue weighted by Crippen LogP contribution is 2.25. The molecule has 0 aromatic heterocycles. The second-order valence-electron chi connectivity index (χ2n) is 5.73. The van der Waals surface area contributed by atoms with Gasteiger partial charge in [0.25, 0.3) is 0 Å². The third kappa shape index (κ3) is 4.91. The predicted molar refractivity (Wildman–Crippen MR) is 88.9 cm³/mol. The van der Waals surface area contributed by atoms with Gasteiger partial charge in [0.2, 0.25) is 0 Å². The maximum Gasteiger partial charge on any atom is 0.131 e. The molecule has 0 aliphatic rings. The number of benzene rings is 2. The average molecular weight is 283 g/mol. The third-order valence-corrected chi connectivity index (χ3v) is 3.40. The fourth-order valence-electron chi connectivity index (χ4n) is 2.17. The van der Waals surface area contributed by atoms with E-state index in [0.29, 0.717) is 5.92 Å². The molecule has 0 bridgehead atoms. The normalized spacial score (nSPS) is 10.9. The number of aryl methyl sites for hydroxylation is 1. The third-order valence-electron chi connectivity index (χ3n) is 3.40. The lowest BCUT2D eigenvalue weighted by Gasteiger charge is -2.13. The first-order valence-corrected chi connectivity index (χ1v) is 7.74. The van der Waals surface area contributed by atoms with Gasteiger partial charge >= 0.3 is 0 Å². The minimum Gasteiger partial charge on any atom is -0.457 e. The van der Waals surface area contributed by atoms with Crippen molar-refractivity contribution in [2.24, 2.45) is 5.92 Å². The highest BCUT2D eigenvalue weighted by Gasteiger charge is 2.04. The highest BCUT2D eigenvalue weighted by atomic mass is 16.5. The Balaban J connectivity index is 2.04. The van der Waals surface area contributed by atoms with Gasteiger partial charge in [-0.1, -0.05) is 51.1 Å². The molecule has 0 unspecified atom stereocenters. The van der Waals surface area contributed by atoms with E-state index in [2.05, 4.69) is 50.4 Å². The first kappa shape index (κ1) is 15.6. The van der Waals surface area contributed by atoms with Gasteiger partial charge in [-0.15, -0.1) is 0 Å². The minimum atomic E-state index is 0.652. The molecule has 0 atom stereocenters. The molecule has 2 aromatic rings. The van der Waals surface area contributed by atoms with Crippen LogP contribution in [0.1, 0.15) is 31.9 Å². The summed E-state index contributed by atoms with van der Waals surface area (Å²) in [6.07, 6.45) is 1.05. The van der Waals surface area contributed by atoms with Gasteiger partial charge < -0.3 is 10.1 Å². The minimum absolute atomic E-state index is 0.652. The summed E-state index contributed by atoms with van der Waals surface area (Å²) >= 11 is 0. The number of rotatable bonds is 7. The molecule has 1 N–H and O–H groups in total. The number of hydrogen-bond acceptors (Lipinski definition) is 2. The van der Waals surface area contributed by atoms with Gasteiger partial charge in [-0.05, 0) is 42.6 Å². The summed E-state index contributed by atoms with van der Waals surface area (Å²) in [5.74, 6) is 2.47. The number of hydrogen-bond donors (Lipinski definition) is 1. The molecule has 0 amide bonds. The number of para-hydroxylation sites is 1. The van der Waals surface area contributed by atoms with Crippen molar-refractivity contribution in [3.63, 3.8) is 0 Å². The molecule has 0 fully saturated rings. The fraction of sp³-hybridized carbons (Fsp3) is 0.368. The van der Waals surface area contributed by atoms with E-state index >= 15 is 0 Å². The van der Waals surface area contributed by atoms with Crippen LogP contribution in [-0.2, 0) is 13.0 Å². The predicted octanol–water partition coefficient (Wildman–Crippen LogP) is 4.79. The maximum atomic E-state index is 6.03. The summed E-state index contributed by atoms with van der Waals surface area (Å²) in [5.41, 5.74) is 2.52. The summed E-state index contributed by atoms with van der Waals surface area (Å²) in [7, 11) is 0. The standard InChI is InChI=1S/C19H25NO/c1-4-16-9-11-18(12-10-16)21-19-8-6-5-7-17(19)14-20-13-15(2)3/h5-12,15,20H,4,13-14H2,1-3H3. The Morgan fingerprint density at radius 3 is 2.38 bits per heavy atom. The van der Waals surface area contributed by atoms with Gasteiger partial charge in [0.1, 0.15) is 11.5 Å². The monoisotopic (exact) mass is 283 g/mol. The molecular weight excluding hydrogens is 258 g/mol. The van der Waals surface area contributed by atoms with E-state index in [9.17, 15) is 0 Å². The lowest BCUT2D eigenvalue weighted by Crippen LogP contribution is -2.19. The Hall–Kier alpha value is -1.80. The summed E-state index contributed by atoms with van der Waals surface area (Å²) in [6, 6.07) is 16.5. The molecular formula is C19H25NO. The molecule has 0 heterocycles. The van der Waals surface area contributed by atoms with E-state index < -0.39 is 0 Å². The summed E-state index contributed by atoms with van der Waals surface area (Å²) in [6.45, 7) is 8.43. The van der Waals surface area contributed by atoms with Crippen molar-refractivity contribution in [2.45, 2.75) is 33.7 Å². The van der Waals surface area contributed by atoms with Crippen LogP contribution in [0.3, 0.4) is 0 Å². The SMILES string of the molecule is CCc1ccc(Oc2ccccc2CNCC(C)C)cc1. The van der Waals surface area contributed by atoms with Crippen LogP contribution in [0.5, 0.6) is 11.5 Å². The quantitative estimate of drug-likeness (QED) is 0.789. The first-order chi connectivity index (χ1) is 10.2. The van der Waals surface area contributed by atoms with Crippen molar-refractivity contribution in [3.05, 3.63) is 59.7 Å². The lowest BCUT2D eigenvalue weighted by atomic mass is 10.1. The van der Waals surface area contributed by atoms with E-state index in [4.69, 9.17) is 4.74 Å². The Kier molecular flexibility index (Phi) is 5.82. The smallest absolute Gasteiger partial charge is 0.131 e. The van der Waals surface area contributed by atoms with Crippen molar-refractivity contribution in [1.29, 1.82) is 0 Å². The van der Waals surface area contributed by atoms with Crippen molar-refractivity contribution in [3.8, 4) is 11.5 Å².